The highest BCUT2D eigenvalue weighted by Crippen LogP contribution is 2.31. The van der Waals surface area contributed by atoms with Crippen molar-refractivity contribution in [3.05, 3.63) is 65.5 Å². The van der Waals surface area contributed by atoms with Crippen molar-refractivity contribution in [2.24, 2.45) is 0 Å². The molecule has 2 atom stereocenters. The van der Waals surface area contributed by atoms with Gasteiger partial charge in [0.1, 0.15) is 17.7 Å². The average molecular weight is 481 g/mol. The van der Waals surface area contributed by atoms with E-state index in [1.54, 1.807) is 23.1 Å². The number of ether oxygens (including phenoxy) is 1. The monoisotopic (exact) mass is 480 g/mol. The lowest BCUT2D eigenvalue weighted by molar-refractivity contribution is -0.136. The first-order valence-corrected chi connectivity index (χ1v) is 13.1. The number of para-hydroxylation sites is 1. The molecule has 2 aromatic rings. The number of nitrogens with zero attached hydrogens (tertiary/aromatic N) is 2. The van der Waals surface area contributed by atoms with Gasteiger partial charge in [0.15, 0.2) is 0 Å². The standard InChI is InChI=1S/C29H37FN2O3/c1-31-19-11-3-2-4-12-20-32(28(33)21-22-13-5-7-15-24(22)30)25-16-8-10-18-27(25)35-26-17-9-6-14-23(26)29(31)34/h5-7,9,13-15,17,25,27H,2-4,8,10-12,16,18-21H2,1H3/t25-,27+/m1/s1. The molecule has 1 saturated carbocycles. The molecule has 0 N–H and O–H groups in total. The van der Waals surface area contributed by atoms with E-state index in [0.29, 0.717) is 30.0 Å². The number of carbonyl (C=O) groups excluding carboxylic acids is 2. The van der Waals surface area contributed by atoms with Gasteiger partial charge >= 0.3 is 0 Å². The number of carbonyl (C=O) groups is 2. The molecule has 0 bridgehead atoms. The number of benzene rings is 2. The third-order valence-electron chi connectivity index (χ3n) is 7.32. The Kier molecular flexibility index (Phi) is 8.78. The van der Waals surface area contributed by atoms with E-state index in [1.165, 1.54) is 6.07 Å². The molecule has 1 heterocycles. The summed E-state index contributed by atoms with van der Waals surface area (Å²) in [6.45, 7) is 1.37. The van der Waals surface area contributed by atoms with Crippen molar-refractivity contribution in [1.29, 1.82) is 0 Å². The van der Waals surface area contributed by atoms with Gasteiger partial charge in [0, 0.05) is 20.1 Å². The highest BCUT2D eigenvalue weighted by atomic mass is 19.1. The fraction of sp³-hybridized carbons (Fsp3) is 0.517. The molecule has 2 aliphatic rings. The number of rotatable bonds is 2. The van der Waals surface area contributed by atoms with E-state index in [0.717, 1.165) is 57.8 Å². The Morgan fingerprint density at radius 1 is 0.914 bits per heavy atom. The van der Waals surface area contributed by atoms with Crippen LogP contribution in [0.4, 0.5) is 4.39 Å². The van der Waals surface area contributed by atoms with Crippen LogP contribution in [0.1, 0.15) is 73.7 Å². The summed E-state index contributed by atoms with van der Waals surface area (Å²) in [7, 11) is 1.85. The normalized spacial score (nSPS) is 22.3. The summed E-state index contributed by atoms with van der Waals surface area (Å²) in [6.07, 6.45) is 8.58. The number of hydrogen-bond donors (Lipinski definition) is 0. The molecule has 35 heavy (non-hydrogen) atoms. The first kappa shape index (κ1) is 25.2. The number of amides is 2. The van der Waals surface area contributed by atoms with Crippen LogP contribution in [0.2, 0.25) is 0 Å². The van der Waals surface area contributed by atoms with Gasteiger partial charge < -0.3 is 14.5 Å². The van der Waals surface area contributed by atoms with E-state index >= 15 is 0 Å². The molecular formula is C29H37FN2O3. The highest BCUT2D eigenvalue weighted by Gasteiger charge is 2.35. The molecule has 5 nitrogen and oxygen atoms in total. The largest absolute Gasteiger partial charge is 0.487 e. The van der Waals surface area contributed by atoms with Gasteiger partial charge in [-0.05, 0) is 55.9 Å². The molecule has 0 spiro atoms. The maximum Gasteiger partial charge on any atom is 0.257 e. The maximum absolute atomic E-state index is 14.3. The second-order valence-corrected chi connectivity index (χ2v) is 9.85. The minimum atomic E-state index is -0.341. The average Bonchev–Trinajstić information content (AvgIpc) is 2.87. The van der Waals surface area contributed by atoms with Crippen LogP contribution in [0.3, 0.4) is 0 Å². The van der Waals surface area contributed by atoms with Crippen LogP contribution in [0.15, 0.2) is 48.5 Å². The minimum absolute atomic E-state index is 0.0321. The zero-order chi connectivity index (χ0) is 24.6. The lowest BCUT2D eigenvalue weighted by Gasteiger charge is -2.40. The number of hydrogen-bond acceptors (Lipinski definition) is 3. The molecule has 0 radical (unpaired) electrons. The zero-order valence-corrected chi connectivity index (χ0v) is 20.8. The summed E-state index contributed by atoms with van der Waals surface area (Å²) in [5.41, 5.74) is 0.999. The SMILES string of the molecule is CN1CCCCCCCN(C(=O)Cc2ccccc2F)[C@@H]2CCCC[C@@H]2Oc2ccccc2C1=O. The van der Waals surface area contributed by atoms with Gasteiger partial charge in [0.25, 0.3) is 5.91 Å². The van der Waals surface area contributed by atoms with Crippen molar-refractivity contribution in [2.45, 2.75) is 76.4 Å². The van der Waals surface area contributed by atoms with Crippen molar-refractivity contribution in [3.8, 4) is 5.75 Å². The van der Waals surface area contributed by atoms with E-state index in [9.17, 15) is 14.0 Å². The lowest BCUT2D eigenvalue weighted by atomic mass is 9.90. The molecule has 2 aromatic carbocycles. The van der Waals surface area contributed by atoms with Crippen molar-refractivity contribution in [1.82, 2.24) is 9.80 Å². The third-order valence-corrected chi connectivity index (χ3v) is 7.32. The number of halogens is 1. The van der Waals surface area contributed by atoms with Crippen molar-refractivity contribution < 1.29 is 18.7 Å². The van der Waals surface area contributed by atoms with Gasteiger partial charge in [-0.3, -0.25) is 9.59 Å². The topological polar surface area (TPSA) is 49.9 Å². The molecular weight excluding hydrogens is 443 g/mol. The quantitative estimate of drug-likeness (QED) is 0.560. The predicted octanol–water partition coefficient (Wildman–Crippen LogP) is 5.62. The fourth-order valence-electron chi connectivity index (χ4n) is 5.33. The Labute approximate surface area is 208 Å². The van der Waals surface area contributed by atoms with E-state index in [1.807, 2.05) is 36.2 Å². The molecule has 0 aromatic heterocycles. The Hall–Kier alpha value is -2.89. The van der Waals surface area contributed by atoms with E-state index in [2.05, 4.69) is 0 Å². The molecule has 188 valence electrons. The smallest absolute Gasteiger partial charge is 0.257 e. The Bertz CT molecular complexity index is 1010. The predicted molar refractivity (Wildman–Crippen MR) is 135 cm³/mol. The van der Waals surface area contributed by atoms with Gasteiger partial charge in [-0.15, -0.1) is 0 Å². The van der Waals surface area contributed by atoms with Crippen LogP contribution in [0.25, 0.3) is 0 Å². The summed E-state index contributed by atoms with van der Waals surface area (Å²) < 4.78 is 20.9. The second-order valence-electron chi connectivity index (χ2n) is 9.85. The van der Waals surface area contributed by atoms with Gasteiger partial charge in [-0.25, -0.2) is 4.39 Å². The third kappa shape index (κ3) is 6.41. The Morgan fingerprint density at radius 3 is 2.43 bits per heavy atom. The summed E-state index contributed by atoms with van der Waals surface area (Å²) >= 11 is 0. The van der Waals surface area contributed by atoms with Crippen LogP contribution in [-0.4, -0.2) is 53.9 Å². The molecule has 1 fully saturated rings. The highest BCUT2D eigenvalue weighted by molar-refractivity contribution is 5.96. The molecule has 2 amide bonds. The minimum Gasteiger partial charge on any atom is -0.487 e. The first-order chi connectivity index (χ1) is 17.0. The van der Waals surface area contributed by atoms with Crippen LogP contribution >= 0.6 is 0 Å². The van der Waals surface area contributed by atoms with Gasteiger partial charge in [0.05, 0.1) is 18.0 Å². The van der Waals surface area contributed by atoms with E-state index < -0.39 is 0 Å². The first-order valence-electron chi connectivity index (χ1n) is 13.1. The van der Waals surface area contributed by atoms with E-state index in [-0.39, 0.29) is 36.2 Å². The zero-order valence-electron chi connectivity index (χ0n) is 20.8. The van der Waals surface area contributed by atoms with Crippen LogP contribution in [0, 0.1) is 5.82 Å². The Morgan fingerprint density at radius 2 is 1.60 bits per heavy atom. The van der Waals surface area contributed by atoms with Crippen molar-refractivity contribution >= 4 is 11.8 Å². The molecule has 1 aliphatic heterocycles. The van der Waals surface area contributed by atoms with E-state index in [4.69, 9.17) is 4.74 Å². The second kappa shape index (κ2) is 12.2. The molecule has 6 heteroatoms. The van der Waals surface area contributed by atoms with Crippen molar-refractivity contribution in [3.63, 3.8) is 0 Å². The lowest BCUT2D eigenvalue weighted by Crippen LogP contribution is -2.51. The molecule has 0 saturated heterocycles. The Balaban J connectivity index is 1.63. The summed E-state index contributed by atoms with van der Waals surface area (Å²) in [5.74, 6) is 0.157. The van der Waals surface area contributed by atoms with Crippen molar-refractivity contribution in [2.75, 3.05) is 20.1 Å². The fourth-order valence-corrected chi connectivity index (χ4v) is 5.33. The van der Waals surface area contributed by atoms with Crippen LogP contribution < -0.4 is 4.74 Å². The van der Waals surface area contributed by atoms with Crippen LogP contribution in [0.5, 0.6) is 5.75 Å². The van der Waals surface area contributed by atoms with Gasteiger partial charge in [0.2, 0.25) is 5.91 Å². The summed E-state index contributed by atoms with van der Waals surface area (Å²) in [6, 6.07) is 13.9. The summed E-state index contributed by atoms with van der Waals surface area (Å²) in [4.78, 5) is 30.5. The molecule has 1 aliphatic carbocycles. The molecule has 0 unspecified atom stereocenters. The van der Waals surface area contributed by atoms with Gasteiger partial charge in [-0.2, -0.15) is 0 Å². The molecule has 4 rings (SSSR count). The maximum atomic E-state index is 14.3. The number of fused-ring (bicyclic) bond motifs is 2. The van der Waals surface area contributed by atoms with Gasteiger partial charge in [-0.1, -0.05) is 56.0 Å². The van der Waals surface area contributed by atoms with Crippen LogP contribution in [-0.2, 0) is 11.2 Å². The summed E-state index contributed by atoms with van der Waals surface area (Å²) in [5, 5.41) is 0.